The Morgan fingerprint density at radius 3 is 2.16 bits per heavy atom. The van der Waals surface area contributed by atoms with Crippen LogP contribution in [0, 0.1) is 11.8 Å². The molecule has 1 aliphatic heterocycles. The van der Waals surface area contributed by atoms with E-state index in [0.717, 1.165) is 19.6 Å². The minimum Gasteiger partial charge on any atom is -0.352 e. The van der Waals surface area contributed by atoms with E-state index < -0.39 is 5.79 Å². The van der Waals surface area contributed by atoms with E-state index >= 15 is 0 Å². The highest BCUT2D eigenvalue weighted by molar-refractivity contribution is 5.19. The Hall–Kier alpha value is -1.16. The van der Waals surface area contributed by atoms with Crippen LogP contribution in [0.1, 0.15) is 5.56 Å². The van der Waals surface area contributed by atoms with Crippen LogP contribution in [0.5, 0.6) is 0 Å². The normalized spacial score (nSPS) is 28.7. The second-order valence-corrected chi connectivity index (χ2v) is 5.41. The molecule has 0 amide bonds. The van der Waals surface area contributed by atoms with E-state index in [-0.39, 0.29) is 0 Å². The van der Waals surface area contributed by atoms with Crippen molar-refractivity contribution in [3.8, 4) is 0 Å². The van der Waals surface area contributed by atoms with Crippen LogP contribution in [-0.4, -0.2) is 38.0 Å². The van der Waals surface area contributed by atoms with Crippen molar-refractivity contribution in [2.45, 2.75) is 12.3 Å². The standard InChI is InChI=1S/C16H21NO2/c1-18-16(19-2)14-8-9-15(16)12-17(11-14)10-13-6-4-3-5-7-13/h3-9,14-15H,10-12H2,1-2H3. The van der Waals surface area contributed by atoms with Gasteiger partial charge < -0.3 is 9.47 Å². The zero-order valence-corrected chi connectivity index (χ0v) is 11.6. The number of methoxy groups -OCH3 is 2. The Kier molecular flexibility index (Phi) is 3.44. The van der Waals surface area contributed by atoms with Crippen LogP contribution in [0.2, 0.25) is 0 Å². The van der Waals surface area contributed by atoms with Crippen molar-refractivity contribution in [2.24, 2.45) is 11.8 Å². The molecule has 1 aliphatic carbocycles. The first-order chi connectivity index (χ1) is 9.28. The average molecular weight is 259 g/mol. The fraction of sp³-hybridized carbons (Fsp3) is 0.500. The smallest absolute Gasteiger partial charge is 0.182 e. The van der Waals surface area contributed by atoms with Gasteiger partial charge in [-0.15, -0.1) is 0 Å². The van der Waals surface area contributed by atoms with Crippen molar-refractivity contribution in [1.29, 1.82) is 0 Å². The molecule has 1 saturated heterocycles. The Labute approximate surface area is 114 Å². The van der Waals surface area contributed by atoms with Crippen LogP contribution in [-0.2, 0) is 16.0 Å². The summed E-state index contributed by atoms with van der Waals surface area (Å²) in [5, 5.41) is 0. The second-order valence-electron chi connectivity index (χ2n) is 5.41. The van der Waals surface area contributed by atoms with Gasteiger partial charge in [0.25, 0.3) is 0 Å². The third kappa shape index (κ3) is 2.12. The van der Waals surface area contributed by atoms with Crippen molar-refractivity contribution in [1.82, 2.24) is 4.90 Å². The quantitative estimate of drug-likeness (QED) is 0.612. The highest BCUT2D eigenvalue weighted by Crippen LogP contribution is 2.43. The molecule has 1 heterocycles. The van der Waals surface area contributed by atoms with Crippen LogP contribution in [0.3, 0.4) is 0 Å². The number of likely N-dealkylation sites (tertiary alicyclic amines) is 1. The van der Waals surface area contributed by atoms with E-state index in [2.05, 4.69) is 47.4 Å². The number of rotatable bonds is 4. The Bertz CT molecular complexity index is 435. The van der Waals surface area contributed by atoms with Crippen molar-refractivity contribution in [3.63, 3.8) is 0 Å². The third-order valence-corrected chi connectivity index (χ3v) is 4.41. The largest absolute Gasteiger partial charge is 0.352 e. The van der Waals surface area contributed by atoms with Crippen LogP contribution >= 0.6 is 0 Å². The molecular weight excluding hydrogens is 238 g/mol. The van der Waals surface area contributed by atoms with Gasteiger partial charge in [-0.25, -0.2) is 0 Å². The third-order valence-electron chi connectivity index (χ3n) is 4.41. The summed E-state index contributed by atoms with van der Waals surface area (Å²) in [7, 11) is 3.51. The molecule has 19 heavy (non-hydrogen) atoms. The lowest BCUT2D eigenvalue weighted by Gasteiger charge is -2.45. The summed E-state index contributed by atoms with van der Waals surface area (Å²) in [6.45, 7) is 2.98. The minimum absolute atomic E-state index is 0.324. The number of hydrogen-bond donors (Lipinski definition) is 0. The molecule has 2 atom stereocenters. The topological polar surface area (TPSA) is 21.7 Å². The van der Waals surface area contributed by atoms with Crippen LogP contribution in [0.4, 0.5) is 0 Å². The highest BCUT2D eigenvalue weighted by atomic mass is 16.7. The van der Waals surface area contributed by atoms with Crippen molar-refractivity contribution in [2.75, 3.05) is 27.3 Å². The lowest BCUT2D eigenvalue weighted by molar-refractivity contribution is -0.264. The van der Waals surface area contributed by atoms with Gasteiger partial charge in [0.1, 0.15) is 0 Å². The Balaban J connectivity index is 1.72. The van der Waals surface area contributed by atoms with Gasteiger partial charge in [0.15, 0.2) is 5.79 Å². The first kappa shape index (κ1) is 12.9. The molecule has 2 unspecified atom stereocenters. The van der Waals surface area contributed by atoms with Gasteiger partial charge in [0, 0.05) is 45.7 Å². The monoisotopic (exact) mass is 259 g/mol. The van der Waals surface area contributed by atoms with Gasteiger partial charge in [0.2, 0.25) is 0 Å². The summed E-state index contributed by atoms with van der Waals surface area (Å²) in [6, 6.07) is 10.6. The number of ether oxygens (including phenoxy) is 2. The molecule has 0 N–H and O–H groups in total. The molecule has 2 bridgehead atoms. The number of nitrogens with zero attached hydrogens (tertiary/aromatic N) is 1. The Morgan fingerprint density at radius 1 is 1.05 bits per heavy atom. The van der Waals surface area contributed by atoms with Gasteiger partial charge in [-0.3, -0.25) is 4.90 Å². The number of hydrogen-bond acceptors (Lipinski definition) is 3. The SMILES string of the molecule is COC1(OC)C2C=CC1CN(Cc1ccccc1)C2. The molecule has 0 saturated carbocycles. The molecule has 3 rings (SSSR count). The second kappa shape index (κ2) is 5.08. The number of benzene rings is 1. The van der Waals surface area contributed by atoms with Crippen LogP contribution in [0.15, 0.2) is 42.5 Å². The molecule has 1 aromatic rings. The maximum atomic E-state index is 5.70. The van der Waals surface area contributed by atoms with Crippen LogP contribution in [0.25, 0.3) is 0 Å². The summed E-state index contributed by atoms with van der Waals surface area (Å²) >= 11 is 0. The van der Waals surface area contributed by atoms with E-state index in [0.29, 0.717) is 11.8 Å². The van der Waals surface area contributed by atoms with Gasteiger partial charge in [0.05, 0.1) is 0 Å². The van der Waals surface area contributed by atoms with E-state index in [4.69, 9.17) is 9.47 Å². The van der Waals surface area contributed by atoms with Gasteiger partial charge in [-0.05, 0) is 5.56 Å². The van der Waals surface area contributed by atoms with Crippen LogP contribution < -0.4 is 0 Å². The first-order valence-electron chi connectivity index (χ1n) is 6.83. The molecule has 0 radical (unpaired) electrons. The van der Waals surface area contributed by atoms with Gasteiger partial charge in [-0.1, -0.05) is 42.5 Å². The summed E-state index contributed by atoms with van der Waals surface area (Å²) in [6.07, 6.45) is 4.51. The lowest BCUT2D eigenvalue weighted by Crippen LogP contribution is -2.56. The molecule has 0 aromatic heterocycles. The predicted octanol–water partition coefficient (Wildman–Crippen LogP) is 2.29. The molecule has 1 aromatic carbocycles. The van der Waals surface area contributed by atoms with E-state index in [1.165, 1.54) is 5.56 Å². The molecule has 3 nitrogen and oxygen atoms in total. The number of fused-ring (bicyclic) bond motifs is 2. The molecule has 1 fully saturated rings. The fourth-order valence-corrected chi connectivity index (χ4v) is 3.48. The van der Waals surface area contributed by atoms with Gasteiger partial charge >= 0.3 is 0 Å². The predicted molar refractivity (Wildman–Crippen MR) is 74.6 cm³/mol. The minimum atomic E-state index is -0.437. The van der Waals surface area contributed by atoms with Crippen molar-refractivity contribution >= 4 is 0 Å². The summed E-state index contributed by atoms with van der Waals surface area (Å²) in [5.74, 6) is 0.211. The maximum Gasteiger partial charge on any atom is 0.182 e. The van der Waals surface area contributed by atoms with E-state index in [1.54, 1.807) is 14.2 Å². The Morgan fingerprint density at radius 2 is 1.63 bits per heavy atom. The molecule has 0 spiro atoms. The number of piperidine rings is 1. The summed E-state index contributed by atoms with van der Waals surface area (Å²) in [4.78, 5) is 2.49. The van der Waals surface area contributed by atoms with E-state index in [9.17, 15) is 0 Å². The fourth-order valence-electron chi connectivity index (χ4n) is 3.48. The summed E-state index contributed by atoms with van der Waals surface area (Å²) in [5.41, 5.74) is 1.37. The maximum absolute atomic E-state index is 5.70. The van der Waals surface area contributed by atoms with E-state index in [1.807, 2.05) is 0 Å². The summed E-state index contributed by atoms with van der Waals surface area (Å²) < 4.78 is 11.4. The molecular formula is C16H21NO2. The van der Waals surface area contributed by atoms with Gasteiger partial charge in [-0.2, -0.15) is 0 Å². The highest BCUT2D eigenvalue weighted by Gasteiger charge is 2.52. The lowest BCUT2D eigenvalue weighted by atomic mass is 9.88. The average Bonchev–Trinajstić information content (AvgIpc) is 2.64. The first-order valence-corrected chi connectivity index (χ1v) is 6.83. The molecule has 102 valence electrons. The van der Waals surface area contributed by atoms with Crippen molar-refractivity contribution < 1.29 is 9.47 Å². The van der Waals surface area contributed by atoms with Crippen molar-refractivity contribution in [3.05, 3.63) is 48.0 Å². The molecule has 2 aliphatic rings. The molecule has 3 heteroatoms. The zero-order valence-electron chi connectivity index (χ0n) is 11.6. The zero-order chi connectivity index (χ0) is 13.3.